The second-order valence-electron chi connectivity index (χ2n) is 9.33. The Morgan fingerprint density at radius 2 is 1.68 bits per heavy atom. The van der Waals surface area contributed by atoms with E-state index in [1.807, 2.05) is 20.8 Å². The molecule has 11 nitrogen and oxygen atoms in total. The number of nitrogens with zero attached hydrogens (tertiary/aromatic N) is 1. The first kappa shape index (κ1) is 29.5. The van der Waals surface area contributed by atoms with Crippen LogP contribution >= 0.6 is 0 Å². The summed E-state index contributed by atoms with van der Waals surface area (Å²) in [5, 5.41) is 2.69. The van der Waals surface area contributed by atoms with Gasteiger partial charge in [-0.3, -0.25) is 19.3 Å². The molecule has 1 aromatic carbocycles. The standard InChI is InChI=1S/C27H38N2O9/c1-5-7-12-28-27(33)38-23-22(36-18(4)30)17(3)21(6-2)37-26(23)35-16-15-34-14-13-29-24(31)19-10-8-9-11-20(19)25(29)32/h8-11,17,21-23,26H,5-7,12-16H2,1-4H3,(H,28,33)/t17-,21-,22+,23+,26+/m1/s1. The Bertz CT molecular complexity index is 950. The Balaban J connectivity index is 1.53. The summed E-state index contributed by atoms with van der Waals surface area (Å²) in [7, 11) is 0. The van der Waals surface area contributed by atoms with Crippen LogP contribution < -0.4 is 5.32 Å². The maximum absolute atomic E-state index is 12.5. The van der Waals surface area contributed by atoms with E-state index < -0.39 is 30.6 Å². The van der Waals surface area contributed by atoms with E-state index in [1.54, 1.807) is 24.3 Å². The minimum Gasteiger partial charge on any atom is -0.458 e. The highest BCUT2D eigenvalue weighted by Gasteiger charge is 2.48. The van der Waals surface area contributed by atoms with Crippen LogP contribution in [0.2, 0.25) is 0 Å². The monoisotopic (exact) mass is 534 g/mol. The normalized spacial score (nSPS) is 24.7. The Labute approximate surface area is 223 Å². The van der Waals surface area contributed by atoms with Crippen LogP contribution in [0.4, 0.5) is 4.79 Å². The second-order valence-corrected chi connectivity index (χ2v) is 9.33. The number of ether oxygens (including phenoxy) is 5. The summed E-state index contributed by atoms with van der Waals surface area (Å²) in [6.07, 6.45) is -1.26. The molecule has 1 N–H and O–H groups in total. The highest BCUT2D eigenvalue weighted by molar-refractivity contribution is 6.21. The molecule has 0 aromatic heterocycles. The van der Waals surface area contributed by atoms with Crippen molar-refractivity contribution in [1.82, 2.24) is 10.2 Å². The van der Waals surface area contributed by atoms with Crippen molar-refractivity contribution in [1.29, 1.82) is 0 Å². The zero-order valence-corrected chi connectivity index (χ0v) is 22.5. The van der Waals surface area contributed by atoms with Crippen molar-refractivity contribution in [2.45, 2.75) is 71.6 Å². The van der Waals surface area contributed by atoms with Crippen LogP contribution in [0.3, 0.4) is 0 Å². The van der Waals surface area contributed by atoms with Gasteiger partial charge in [-0.1, -0.05) is 39.3 Å². The summed E-state index contributed by atoms with van der Waals surface area (Å²) >= 11 is 0. The van der Waals surface area contributed by atoms with Gasteiger partial charge in [0, 0.05) is 19.4 Å². The third-order valence-corrected chi connectivity index (χ3v) is 6.60. The molecular weight excluding hydrogens is 496 g/mol. The number of alkyl carbamates (subject to hydrolysis) is 1. The molecule has 1 aromatic rings. The fourth-order valence-electron chi connectivity index (χ4n) is 4.59. The lowest BCUT2D eigenvalue weighted by Gasteiger charge is -2.43. The van der Waals surface area contributed by atoms with Crippen LogP contribution in [0.15, 0.2) is 24.3 Å². The summed E-state index contributed by atoms with van der Waals surface area (Å²) in [5.74, 6) is -1.40. The van der Waals surface area contributed by atoms with Crippen molar-refractivity contribution in [3.63, 3.8) is 0 Å². The molecule has 0 unspecified atom stereocenters. The number of nitrogens with one attached hydrogen (secondary N) is 1. The molecule has 0 spiro atoms. The average molecular weight is 535 g/mol. The lowest BCUT2D eigenvalue weighted by molar-refractivity contribution is -0.287. The molecule has 210 valence electrons. The van der Waals surface area contributed by atoms with E-state index in [1.165, 1.54) is 6.92 Å². The van der Waals surface area contributed by atoms with Gasteiger partial charge < -0.3 is 29.0 Å². The van der Waals surface area contributed by atoms with Crippen LogP contribution in [-0.4, -0.2) is 86.3 Å². The fourth-order valence-corrected chi connectivity index (χ4v) is 4.59. The van der Waals surface area contributed by atoms with Gasteiger partial charge in [0.1, 0.15) is 6.10 Å². The number of amides is 3. The molecule has 11 heteroatoms. The molecule has 0 radical (unpaired) electrons. The van der Waals surface area contributed by atoms with Gasteiger partial charge in [0.15, 0.2) is 12.4 Å². The van der Waals surface area contributed by atoms with E-state index in [0.29, 0.717) is 24.1 Å². The first-order valence-corrected chi connectivity index (χ1v) is 13.2. The van der Waals surface area contributed by atoms with Crippen molar-refractivity contribution in [2.24, 2.45) is 5.92 Å². The number of unbranched alkanes of at least 4 members (excludes halogenated alkanes) is 1. The number of imide groups is 1. The number of carbonyl (C=O) groups excluding carboxylic acids is 4. The van der Waals surface area contributed by atoms with Gasteiger partial charge in [-0.05, 0) is 25.0 Å². The van der Waals surface area contributed by atoms with Crippen molar-refractivity contribution in [3.05, 3.63) is 35.4 Å². The van der Waals surface area contributed by atoms with E-state index in [-0.39, 0.29) is 50.2 Å². The van der Waals surface area contributed by atoms with Gasteiger partial charge in [0.2, 0.25) is 0 Å². The second kappa shape index (κ2) is 14.2. The Kier molecular flexibility index (Phi) is 11.1. The topological polar surface area (TPSA) is 130 Å². The molecule has 1 fully saturated rings. The molecule has 1 saturated heterocycles. The number of esters is 1. The summed E-state index contributed by atoms with van der Waals surface area (Å²) in [4.78, 5) is 50.3. The Morgan fingerprint density at radius 1 is 1.00 bits per heavy atom. The van der Waals surface area contributed by atoms with Gasteiger partial charge in [-0.25, -0.2) is 4.79 Å². The number of carbonyl (C=O) groups is 4. The van der Waals surface area contributed by atoms with E-state index in [0.717, 1.165) is 17.7 Å². The largest absolute Gasteiger partial charge is 0.458 e. The van der Waals surface area contributed by atoms with Crippen LogP contribution in [0.1, 0.15) is 67.7 Å². The van der Waals surface area contributed by atoms with Gasteiger partial charge in [0.05, 0.1) is 43.6 Å². The lowest BCUT2D eigenvalue weighted by atomic mass is 9.89. The zero-order valence-electron chi connectivity index (χ0n) is 22.5. The highest BCUT2D eigenvalue weighted by Crippen LogP contribution is 2.32. The maximum Gasteiger partial charge on any atom is 0.407 e. The van der Waals surface area contributed by atoms with E-state index in [9.17, 15) is 19.2 Å². The molecule has 5 atom stereocenters. The van der Waals surface area contributed by atoms with E-state index in [4.69, 9.17) is 23.7 Å². The summed E-state index contributed by atoms with van der Waals surface area (Å²) in [6, 6.07) is 6.70. The SMILES string of the molecule is CCCCNC(=O)O[C@@H]1[C@@H](OCCOCCN2C(=O)c3ccccc3C2=O)O[C@H](CC)[C@@H](C)[C@@H]1OC(C)=O. The quantitative estimate of drug-likeness (QED) is 0.231. The number of benzene rings is 1. The molecule has 3 amide bonds. The van der Waals surface area contributed by atoms with Gasteiger partial charge >= 0.3 is 12.1 Å². The minimum absolute atomic E-state index is 0.0850. The highest BCUT2D eigenvalue weighted by atomic mass is 16.7. The molecule has 0 bridgehead atoms. The molecule has 3 rings (SSSR count). The van der Waals surface area contributed by atoms with Crippen LogP contribution in [0, 0.1) is 5.92 Å². The molecule has 2 aliphatic rings. The van der Waals surface area contributed by atoms with E-state index >= 15 is 0 Å². The zero-order chi connectivity index (χ0) is 27.7. The predicted octanol–water partition coefficient (Wildman–Crippen LogP) is 2.91. The predicted molar refractivity (Wildman–Crippen MR) is 135 cm³/mol. The molecule has 2 heterocycles. The van der Waals surface area contributed by atoms with Crippen molar-refractivity contribution >= 4 is 23.9 Å². The van der Waals surface area contributed by atoms with Gasteiger partial charge in [-0.2, -0.15) is 0 Å². The number of hydrogen-bond acceptors (Lipinski definition) is 9. The van der Waals surface area contributed by atoms with Crippen LogP contribution in [-0.2, 0) is 28.5 Å². The minimum atomic E-state index is -0.975. The number of rotatable bonds is 13. The third-order valence-electron chi connectivity index (χ3n) is 6.60. The van der Waals surface area contributed by atoms with Crippen LogP contribution in [0.25, 0.3) is 0 Å². The maximum atomic E-state index is 12.5. The van der Waals surface area contributed by atoms with Crippen molar-refractivity contribution in [3.8, 4) is 0 Å². The molecule has 0 aliphatic carbocycles. The van der Waals surface area contributed by atoms with Crippen molar-refractivity contribution in [2.75, 3.05) is 32.9 Å². The Hall–Kier alpha value is -3.02. The van der Waals surface area contributed by atoms with E-state index in [2.05, 4.69) is 5.32 Å². The first-order valence-electron chi connectivity index (χ1n) is 13.2. The summed E-state index contributed by atoms with van der Waals surface area (Å²) in [6.45, 7) is 8.07. The average Bonchev–Trinajstić information content (AvgIpc) is 3.14. The molecule has 0 saturated carbocycles. The van der Waals surface area contributed by atoms with Gasteiger partial charge in [0.25, 0.3) is 11.8 Å². The lowest BCUT2D eigenvalue weighted by Crippen LogP contribution is -2.58. The summed E-state index contributed by atoms with van der Waals surface area (Å²) in [5.41, 5.74) is 0.782. The number of fused-ring (bicyclic) bond motifs is 1. The smallest absolute Gasteiger partial charge is 0.407 e. The molecular formula is C27H38N2O9. The molecule has 38 heavy (non-hydrogen) atoms. The number of hydrogen-bond donors (Lipinski definition) is 1. The third kappa shape index (κ3) is 7.30. The molecule has 2 aliphatic heterocycles. The fraction of sp³-hybridized carbons (Fsp3) is 0.630. The van der Waals surface area contributed by atoms with Crippen molar-refractivity contribution < 1.29 is 42.9 Å². The first-order chi connectivity index (χ1) is 18.3. The van der Waals surface area contributed by atoms with Gasteiger partial charge in [-0.15, -0.1) is 0 Å². The van der Waals surface area contributed by atoms with Crippen LogP contribution in [0.5, 0.6) is 0 Å². The summed E-state index contributed by atoms with van der Waals surface area (Å²) < 4.78 is 28.7. The Morgan fingerprint density at radius 3 is 2.29 bits per heavy atom.